The molecule has 1 saturated carbocycles. The van der Waals surface area contributed by atoms with Crippen LogP contribution in [0.25, 0.3) is 22.1 Å². The molecule has 4 N–H and O–H groups in total. The second kappa shape index (κ2) is 19.6. The second-order valence-corrected chi connectivity index (χ2v) is 19.7. The topological polar surface area (TPSA) is 191 Å². The number of carbonyl (C=O) groups is 4. The molecule has 16 heteroatoms. The molecule has 356 valence electrons. The maximum atomic E-state index is 13.9. The number of H-pyrrole nitrogens is 2. The first-order valence-corrected chi connectivity index (χ1v) is 24.5. The summed E-state index contributed by atoms with van der Waals surface area (Å²) in [5.74, 6) is 1.48. The number of ether oxygens (including phenoxy) is 2. The van der Waals surface area contributed by atoms with Gasteiger partial charge in [0.1, 0.15) is 23.7 Å². The number of carbonyl (C=O) groups excluding carboxylic acids is 4. The van der Waals surface area contributed by atoms with Gasteiger partial charge in [0.2, 0.25) is 11.8 Å². The Balaban J connectivity index is 1.01. The third kappa shape index (κ3) is 9.27. The number of nitrogens with one attached hydrogen (secondary N) is 4. The molecule has 1 aliphatic carbocycles. The molecule has 4 fully saturated rings. The first-order valence-electron chi connectivity index (χ1n) is 24.5. The van der Waals surface area contributed by atoms with Gasteiger partial charge in [-0.15, -0.1) is 0 Å². The van der Waals surface area contributed by atoms with Crippen LogP contribution in [0, 0.1) is 11.8 Å². The van der Waals surface area contributed by atoms with Crippen molar-refractivity contribution in [2.24, 2.45) is 11.8 Å². The minimum atomic E-state index is -0.707. The Morgan fingerprint density at radius 1 is 0.612 bits per heavy atom. The monoisotopic (exact) mass is 915 g/mol. The average molecular weight is 915 g/mol. The summed E-state index contributed by atoms with van der Waals surface area (Å²) in [6.45, 7) is 8.85. The van der Waals surface area contributed by atoms with Gasteiger partial charge in [-0.05, 0) is 111 Å². The predicted molar refractivity (Wildman–Crippen MR) is 255 cm³/mol. The van der Waals surface area contributed by atoms with Crippen molar-refractivity contribution in [1.29, 1.82) is 0 Å². The molecule has 5 aromatic rings. The van der Waals surface area contributed by atoms with Crippen molar-refractivity contribution in [1.82, 2.24) is 45.4 Å². The minimum absolute atomic E-state index is 0.0443. The molecule has 6 heterocycles. The lowest BCUT2D eigenvalue weighted by molar-refractivity contribution is -0.136. The summed E-state index contributed by atoms with van der Waals surface area (Å²) >= 11 is 0. The fraction of sp³-hybridized carbons (Fsp3) is 0.549. The zero-order chi connectivity index (χ0) is 46.9. The molecule has 4 amide bonds. The summed E-state index contributed by atoms with van der Waals surface area (Å²) in [4.78, 5) is 80.9. The van der Waals surface area contributed by atoms with Gasteiger partial charge in [0.25, 0.3) is 0 Å². The number of rotatable bonds is 12. The Morgan fingerprint density at radius 3 is 1.54 bits per heavy atom. The minimum Gasteiger partial charge on any atom is -0.453 e. The third-order valence-corrected chi connectivity index (χ3v) is 14.8. The van der Waals surface area contributed by atoms with Gasteiger partial charge in [0, 0.05) is 24.7 Å². The molecule has 3 saturated heterocycles. The molecule has 2 aromatic carbocycles. The number of hydrogen-bond donors (Lipinski definition) is 4. The van der Waals surface area contributed by atoms with Crippen LogP contribution >= 0.6 is 0 Å². The fourth-order valence-electron chi connectivity index (χ4n) is 11.2. The van der Waals surface area contributed by atoms with Crippen molar-refractivity contribution in [3.8, 4) is 0 Å². The van der Waals surface area contributed by atoms with Crippen LogP contribution in [-0.2, 0) is 19.1 Å². The highest BCUT2D eigenvalue weighted by atomic mass is 16.5. The number of nitrogens with zero attached hydrogens (tertiary/aromatic N) is 6. The van der Waals surface area contributed by atoms with Gasteiger partial charge in [0.15, 0.2) is 0 Å². The molecular weight excluding hydrogens is 849 g/mol. The molecule has 16 nitrogen and oxygen atoms in total. The number of benzene rings is 2. The van der Waals surface area contributed by atoms with Gasteiger partial charge in [-0.3, -0.25) is 14.6 Å². The predicted octanol–water partition coefficient (Wildman–Crippen LogP) is 9.05. The van der Waals surface area contributed by atoms with Crippen molar-refractivity contribution in [2.45, 2.75) is 140 Å². The molecule has 0 bridgehead atoms. The lowest BCUT2D eigenvalue weighted by atomic mass is 9.87. The van der Waals surface area contributed by atoms with Crippen LogP contribution in [0.4, 0.5) is 15.3 Å². The molecule has 0 unspecified atom stereocenters. The summed E-state index contributed by atoms with van der Waals surface area (Å²) in [6.07, 6.45) is 12.1. The lowest BCUT2D eigenvalue weighted by Crippen LogP contribution is -2.51. The number of hydrogen-bond acceptors (Lipinski definition) is 10. The molecule has 0 radical (unpaired) electrons. The van der Waals surface area contributed by atoms with Crippen molar-refractivity contribution in [2.75, 3.05) is 32.2 Å². The van der Waals surface area contributed by atoms with Gasteiger partial charge < -0.3 is 44.8 Å². The highest BCUT2D eigenvalue weighted by molar-refractivity contribution is 5.87. The zero-order valence-corrected chi connectivity index (χ0v) is 39.7. The Hall–Kier alpha value is -6.19. The summed E-state index contributed by atoms with van der Waals surface area (Å²) in [5.41, 5.74) is 8.10. The molecular formula is C51H66N10O6. The molecule has 0 spiro atoms. The van der Waals surface area contributed by atoms with E-state index in [1.807, 2.05) is 37.5 Å². The summed E-state index contributed by atoms with van der Waals surface area (Å²) < 4.78 is 9.68. The van der Waals surface area contributed by atoms with Crippen LogP contribution < -0.4 is 15.5 Å². The highest BCUT2D eigenvalue weighted by Gasteiger charge is 2.41. The van der Waals surface area contributed by atoms with Crippen LogP contribution in [0.5, 0.6) is 0 Å². The van der Waals surface area contributed by atoms with Crippen LogP contribution in [0.3, 0.4) is 0 Å². The maximum absolute atomic E-state index is 13.9. The van der Waals surface area contributed by atoms with E-state index in [4.69, 9.17) is 24.4 Å². The number of pyridine rings is 1. The van der Waals surface area contributed by atoms with Gasteiger partial charge in [-0.25, -0.2) is 19.6 Å². The Bertz CT molecular complexity index is 2440. The van der Waals surface area contributed by atoms with E-state index >= 15 is 0 Å². The first-order chi connectivity index (χ1) is 32.4. The average Bonchev–Trinajstić information content (AvgIpc) is 4.20. The lowest BCUT2D eigenvalue weighted by Gasteiger charge is -2.33. The van der Waals surface area contributed by atoms with Crippen LogP contribution in [0.1, 0.15) is 157 Å². The molecule has 3 aromatic heterocycles. The van der Waals surface area contributed by atoms with E-state index in [9.17, 15) is 19.2 Å². The largest absolute Gasteiger partial charge is 0.453 e. The van der Waals surface area contributed by atoms with E-state index in [0.717, 1.165) is 77.9 Å². The molecule has 67 heavy (non-hydrogen) atoms. The molecule has 6 atom stereocenters. The first kappa shape index (κ1) is 45.9. The highest BCUT2D eigenvalue weighted by Crippen LogP contribution is 2.48. The molecule has 4 aliphatic rings. The summed E-state index contributed by atoms with van der Waals surface area (Å²) in [5, 5.41) is 5.50. The van der Waals surface area contributed by atoms with E-state index in [1.165, 1.54) is 63.1 Å². The van der Waals surface area contributed by atoms with Crippen LogP contribution in [0.15, 0.2) is 54.7 Å². The van der Waals surface area contributed by atoms with Crippen LogP contribution in [-0.4, -0.2) is 98.1 Å². The normalized spacial score (nSPS) is 22.2. The maximum Gasteiger partial charge on any atom is 0.407 e. The van der Waals surface area contributed by atoms with Crippen molar-refractivity contribution in [3.05, 3.63) is 83.2 Å². The Kier molecular flexibility index (Phi) is 13.4. The Morgan fingerprint density at radius 2 is 1.10 bits per heavy atom. The third-order valence-electron chi connectivity index (χ3n) is 14.8. The van der Waals surface area contributed by atoms with E-state index in [2.05, 4.69) is 80.2 Å². The van der Waals surface area contributed by atoms with Gasteiger partial charge in [-0.1, -0.05) is 59.1 Å². The van der Waals surface area contributed by atoms with Gasteiger partial charge >= 0.3 is 12.2 Å². The summed E-state index contributed by atoms with van der Waals surface area (Å²) in [7, 11) is 2.61. The van der Waals surface area contributed by atoms with Crippen molar-refractivity contribution >= 4 is 51.8 Å². The number of amides is 4. The smallest absolute Gasteiger partial charge is 0.407 e. The number of aromatic nitrogens is 5. The number of anilines is 1. The number of aromatic amines is 2. The fourth-order valence-corrected chi connectivity index (χ4v) is 11.2. The van der Waals surface area contributed by atoms with E-state index in [1.54, 1.807) is 0 Å². The van der Waals surface area contributed by atoms with E-state index in [0.29, 0.717) is 19.0 Å². The van der Waals surface area contributed by atoms with Gasteiger partial charge in [0.05, 0.1) is 72.3 Å². The quantitative estimate of drug-likeness (QED) is 0.0939. The number of alkyl carbamates (subject to hydrolysis) is 2. The van der Waals surface area contributed by atoms with E-state index in [-0.39, 0.29) is 47.8 Å². The Labute approximate surface area is 392 Å². The summed E-state index contributed by atoms with van der Waals surface area (Å²) in [6, 6.07) is 15.7. The van der Waals surface area contributed by atoms with Crippen LogP contribution in [0.2, 0.25) is 0 Å². The van der Waals surface area contributed by atoms with Gasteiger partial charge in [-0.2, -0.15) is 0 Å². The molecule has 9 rings (SSSR count). The molecule has 3 aliphatic heterocycles. The number of fused-ring (bicyclic) bond motifs is 2. The number of imidazole rings is 2. The standard InChI is InChI=1S/C51H66N10O6/c1-29(2)44(57-50(64)66-5)48(62)59-24-10-14-42(59)46-53-36-19-16-32(26-38(36)55-46)40-22-23-41(61(40)34-18-21-35(52-28-34)31-12-8-7-9-13-31)33-17-20-37-39(27-33)56-47(54-37)43-15-11-25-60(43)49(63)45(30(3)4)58-51(65)67-6/h16-21,26-31,40-45H,7-15,22-25H2,1-6H3,(H,53,55)(H,54,56)(H,57,64)(H,58,65)/t40-,41-,42+,43+,44+,45+/m1/s1. The van der Waals surface area contributed by atoms with E-state index < -0.39 is 24.3 Å². The van der Waals surface area contributed by atoms with Crippen molar-refractivity contribution < 1.29 is 28.7 Å². The zero-order valence-electron chi connectivity index (χ0n) is 39.7. The number of methoxy groups -OCH3 is 2. The SMILES string of the molecule is COC(=O)N[C@H](C(=O)N1CCC[C@H]1c1nc2ccc([C@H]3CC[C@H](c4ccc5nc([C@@H]6CCCN6C(=O)[C@@H](NC(=O)OC)C(C)C)[nH]c5c4)N3c3ccc(C4CCCCC4)nc3)cc2[nH]1)C(C)C. The second-order valence-electron chi connectivity index (χ2n) is 19.7. The van der Waals surface area contributed by atoms with Crippen molar-refractivity contribution in [3.63, 3.8) is 0 Å². The number of likely N-dealkylation sites (tertiary alicyclic amines) is 2.